The Bertz CT molecular complexity index is 1120. The van der Waals surface area contributed by atoms with Gasteiger partial charge in [0.25, 0.3) is 0 Å². The third-order valence-corrected chi connectivity index (χ3v) is 6.37. The van der Waals surface area contributed by atoms with Crippen LogP contribution in [-0.4, -0.2) is 4.98 Å². The van der Waals surface area contributed by atoms with Crippen LogP contribution >= 0.6 is 38.9 Å². The number of hydrogen-bond acceptors (Lipinski definition) is 3. The van der Waals surface area contributed by atoms with Gasteiger partial charge < -0.3 is 4.74 Å². The van der Waals surface area contributed by atoms with Crippen LogP contribution in [0.5, 0.6) is 5.75 Å². The molecule has 1 aromatic heterocycles. The highest BCUT2D eigenvalue weighted by molar-refractivity contribution is 9.10. The van der Waals surface area contributed by atoms with Crippen molar-refractivity contribution < 1.29 is 4.74 Å². The minimum Gasteiger partial charge on any atom is -0.487 e. The largest absolute Gasteiger partial charge is 0.487 e. The van der Waals surface area contributed by atoms with E-state index in [1.54, 1.807) is 11.3 Å². The van der Waals surface area contributed by atoms with Gasteiger partial charge in [0, 0.05) is 26.0 Å². The van der Waals surface area contributed by atoms with E-state index < -0.39 is 0 Å². The minimum atomic E-state index is 0.555. The number of thiazole rings is 1. The molecule has 5 rings (SSSR count). The Balaban J connectivity index is 1.69. The van der Waals surface area contributed by atoms with Crippen LogP contribution in [0.3, 0.4) is 0 Å². The molecular weight excluding hydrogens is 418 g/mol. The standard InChI is InChI=1S/C20H11BrClNOS/c21-16-3-1-2-14-13(16)8-9-15-18-17(10-24-19(14)15)25-20(23-18)11-4-6-12(22)7-5-11/h1-9H,10H2. The molecule has 4 aromatic rings. The molecule has 2 heterocycles. The van der Waals surface area contributed by atoms with E-state index in [1.807, 2.05) is 36.4 Å². The summed E-state index contributed by atoms with van der Waals surface area (Å²) in [6, 6.07) is 18.2. The first-order valence-electron chi connectivity index (χ1n) is 7.81. The highest BCUT2D eigenvalue weighted by Gasteiger charge is 2.24. The number of aromatic nitrogens is 1. The Morgan fingerprint density at radius 2 is 1.84 bits per heavy atom. The lowest BCUT2D eigenvalue weighted by molar-refractivity contribution is 0.309. The second-order valence-corrected chi connectivity index (χ2v) is 8.24. The van der Waals surface area contributed by atoms with Gasteiger partial charge in [-0.15, -0.1) is 11.3 Å². The first-order valence-corrected chi connectivity index (χ1v) is 9.79. The van der Waals surface area contributed by atoms with Gasteiger partial charge in [0.2, 0.25) is 0 Å². The summed E-state index contributed by atoms with van der Waals surface area (Å²) >= 11 is 11.3. The average Bonchev–Trinajstić information content (AvgIpc) is 3.07. The summed E-state index contributed by atoms with van der Waals surface area (Å²) in [7, 11) is 0. The lowest BCUT2D eigenvalue weighted by Gasteiger charge is -2.18. The maximum Gasteiger partial charge on any atom is 0.137 e. The van der Waals surface area contributed by atoms with E-state index in [0.717, 1.165) is 52.7 Å². The van der Waals surface area contributed by atoms with Gasteiger partial charge >= 0.3 is 0 Å². The second-order valence-electron chi connectivity index (χ2n) is 5.86. The monoisotopic (exact) mass is 427 g/mol. The summed E-state index contributed by atoms with van der Waals surface area (Å²) < 4.78 is 7.19. The highest BCUT2D eigenvalue weighted by atomic mass is 79.9. The molecule has 0 N–H and O–H groups in total. The van der Waals surface area contributed by atoms with Gasteiger partial charge in [-0.1, -0.05) is 57.9 Å². The molecular formula is C20H11BrClNOS. The van der Waals surface area contributed by atoms with Crippen molar-refractivity contribution in [2.24, 2.45) is 0 Å². The van der Waals surface area contributed by atoms with Gasteiger partial charge in [0.1, 0.15) is 17.4 Å². The molecule has 0 atom stereocenters. The van der Waals surface area contributed by atoms with E-state index in [9.17, 15) is 0 Å². The van der Waals surface area contributed by atoms with E-state index in [0.29, 0.717) is 6.61 Å². The Kier molecular flexibility index (Phi) is 3.59. The molecule has 25 heavy (non-hydrogen) atoms. The molecule has 0 saturated carbocycles. The lowest BCUT2D eigenvalue weighted by Crippen LogP contribution is -2.03. The van der Waals surface area contributed by atoms with Crippen molar-refractivity contribution in [2.45, 2.75) is 6.61 Å². The van der Waals surface area contributed by atoms with Gasteiger partial charge in [0.15, 0.2) is 0 Å². The Hall–Kier alpha value is -1.88. The van der Waals surface area contributed by atoms with E-state index in [1.165, 1.54) is 0 Å². The molecule has 0 aliphatic carbocycles. The molecule has 2 nitrogen and oxygen atoms in total. The Morgan fingerprint density at radius 3 is 2.68 bits per heavy atom. The molecule has 1 aliphatic rings. The lowest BCUT2D eigenvalue weighted by atomic mass is 10.0. The van der Waals surface area contributed by atoms with E-state index >= 15 is 0 Å². The summed E-state index contributed by atoms with van der Waals surface area (Å²) in [6.07, 6.45) is 0. The zero-order valence-corrected chi connectivity index (χ0v) is 16.1. The average molecular weight is 429 g/mol. The fourth-order valence-corrected chi connectivity index (χ4v) is 4.77. The smallest absolute Gasteiger partial charge is 0.137 e. The molecule has 0 fully saturated rings. The molecule has 0 radical (unpaired) electrons. The van der Waals surface area contributed by atoms with Crippen molar-refractivity contribution in [3.8, 4) is 27.6 Å². The van der Waals surface area contributed by atoms with Crippen LogP contribution in [0, 0.1) is 0 Å². The second kappa shape index (κ2) is 5.84. The maximum atomic E-state index is 6.11. The van der Waals surface area contributed by atoms with Crippen LogP contribution in [0.2, 0.25) is 5.02 Å². The van der Waals surface area contributed by atoms with Crippen molar-refractivity contribution in [3.05, 3.63) is 69.0 Å². The summed E-state index contributed by atoms with van der Waals surface area (Å²) in [6.45, 7) is 0.555. The summed E-state index contributed by atoms with van der Waals surface area (Å²) in [4.78, 5) is 6.06. The Labute approximate surface area is 162 Å². The first-order chi connectivity index (χ1) is 12.2. The molecule has 0 bridgehead atoms. The van der Waals surface area contributed by atoms with Gasteiger partial charge in [-0.3, -0.25) is 0 Å². The van der Waals surface area contributed by atoms with Crippen LogP contribution in [0.4, 0.5) is 0 Å². The molecule has 0 amide bonds. The highest BCUT2D eigenvalue weighted by Crippen LogP contribution is 2.46. The third kappa shape index (κ3) is 2.48. The number of halogens is 2. The topological polar surface area (TPSA) is 22.1 Å². The number of rotatable bonds is 1. The normalized spacial score (nSPS) is 12.6. The fourth-order valence-electron chi connectivity index (χ4n) is 3.15. The zero-order valence-electron chi connectivity index (χ0n) is 12.9. The van der Waals surface area contributed by atoms with E-state index in [2.05, 4.69) is 34.1 Å². The van der Waals surface area contributed by atoms with Crippen LogP contribution in [0.1, 0.15) is 4.88 Å². The number of nitrogens with zero attached hydrogens (tertiary/aromatic N) is 1. The quantitative estimate of drug-likeness (QED) is 0.327. The zero-order chi connectivity index (χ0) is 17.0. The fraction of sp³-hybridized carbons (Fsp3) is 0.0500. The number of hydrogen-bond donors (Lipinski definition) is 0. The summed E-state index contributed by atoms with van der Waals surface area (Å²) in [5.41, 5.74) is 3.16. The SMILES string of the molecule is Clc1ccc(-c2nc3c(s2)COc2c-3ccc3c(Br)cccc23)cc1. The molecule has 5 heteroatoms. The number of ether oxygens (including phenoxy) is 1. The molecule has 0 spiro atoms. The predicted octanol–water partition coefficient (Wildman–Crippen LogP) is 6.94. The first kappa shape index (κ1) is 15.4. The van der Waals surface area contributed by atoms with Gasteiger partial charge in [-0.25, -0.2) is 4.98 Å². The molecule has 1 aliphatic heterocycles. The van der Waals surface area contributed by atoms with E-state index in [-0.39, 0.29) is 0 Å². The van der Waals surface area contributed by atoms with Crippen molar-refractivity contribution in [1.82, 2.24) is 4.98 Å². The van der Waals surface area contributed by atoms with Crippen LogP contribution in [0.25, 0.3) is 32.6 Å². The van der Waals surface area contributed by atoms with Crippen molar-refractivity contribution in [2.75, 3.05) is 0 Å². The van der Waals surface area contributed by atoms with Crippen LogP contribution < -0.4 is 4.74 Å². The Morgan fingerprint density at radius 1 is 1.00 bits per heavy atom. The maximum absolute atomic E-state index is 6.11. The predicted molar refractivity (Wildman–Crippen MR) is 108 cm³/mol. The molecule has 3 aromatic carbocycles. The van der Waals surface area contributed by atoms with Gasteiger partial charge in [0.05, 0.1) is 10.6 Å². The van der Waals surface area contributed by atoms with Crippen molar-refractivity contribution in [3.63, 3.8) is 0 Å². The number of benzene rings is 3. The molecule has 122 valence electrons. The van der Waals surface area contributed by atoms with Crippen LogP contribution in [0.15, 0.2) is 59.1 Å². The van der Waals surface area contributed by atoms with Crippen molar-refractivity contribution >= 4 is 49.6 Å². The van der Waals surface area contributed by atoms with E-state index in [4.69, 9.17) is 21.3 Å². The minimum absolute atomic E-state index is 0.555. The third-order valence-electron chi connectivity index (χ3n) is 4.35. The van der Waals surface area contributed by atoms with Gasteiger partial charge in [-0.05, 0) is 29.7 Å². The molecule has 0 unspecified atom stereocenters. The van der Waals surface area contributed by atoms with Gasteiger partial charge in [-0.2, -0.15) is 0 Å². The number of fused-ring (bicyclic) bond motifs is 5. The summed E-state index contributed by atoms with van der Waals surface area (Å²) in [5, 5.41) is 3.99. The summed E-state index contributed by atoms with van der Waals surface area (Å²) in [5.74, 6) is 0.916. The molecule has 0 saturated heterocycles. The van der Waals surface area contributed by atoms with Crippen molar-refractivity contribution in [1.29, 1.82) is 0 Å². The van der Waals surface area contributed by atoms with Crippen LogP contribution in [-0.2, 0) is 6.61 Å².